The van der Waals surface area contributed by atoms with Crippen molar-refractivity contribution in [1.29, 1.82) is 0 Å². The number of hydrogen-bond donors (Lipinski definition) is 1. The fraction of sp³-hybridized carbons (Fsp3) is 0.286. The zero-order valence-electron chi connectivity index (χ0n) is 15.8. The zero-order chi connectivity index (χ0) is 19.9. The second-order valence-electron chi connectivity index (χ2n) is 6.12. The van der Waals surface area contributed by atoms with Gasteiger partial charge < -0.3 is 19.3 Å². The molecule has 0 amide bonds. The number of ether oxygens (including phenoxy) is 3. The summed E-state index contributed by atoms with van der Waals surface area (Å²) in [7, 11) is 2.88. The summed E-state index contributed by atoms with van der Waals surface area (Å²) in [5.74, 6) is 0.397. The third-order valence-corrected chi connectivity index (χ3v) is 4.24. The monoisotopic (exact) mass is 382 g/mol. The molecule has 0 radical (unpaired) electrons. The minimum Gasteiger partial charge on any atom is -0.497 e. The van der Waals surface area contributed by atoms with Crippen LogP contribution in [0.1, 0.15) is 12.0 Å². The number of benzene rings is 2. The summed E-state index contributed by atoms with van der Waals surface area (Å²) in [6, 6.07) is 13.2. The highest BCUT2D eigenvalue weighted by atomic mass is 16.6. The molecule has 0 aliphatic carbocycles. The molecule has 0 aliphatic rings. The maximum Gasteiger partial charge on any atom is 0.343 e. The van der Waals surface area contributed by atoms with Crippen LogP contribution in [-0.2, 0) is 16.0 Å². The first-order valence-corrected chi connectivity index (χ1v) is 8.90. The number of methoxy groups -OCH3 is 2. The smallest absolute Gasteiger partial charge is 0.343 e. The quantitative estimate of drug-likeness (QED) is 0.599. The van der Waals surface area contributed by atoms with E-state index in [4.69, 9.17) is 14.6 Å². The van der Waals surface area contributed by atoms with Gasteiger partial charge in [0.05, 0.1) is 25.3 Å². The Kier molecular flexibility index (Phi) is 6.39. The van der Waals surface area contributed by atoms with E-state index in [1.807, 2.05) is 36.4 Å². The first-order chi connectivity index (χ1) is 13.6. The average Bonchev–Trinajstić information content (AvgIpc) is 2.75. The number of aromatic nitrogens is 2. The van der Waals surface area contributed by atoms with Crippen molar-refractivity contribution >= 4 is 17.0 Å². The largest absolute Gasteiger partial charge is 0.497 e. The molecule has 1 aromatic heterocycles. The topological polar surface area (TPSA) is 90.8 Å². The summed E-state index contributed by atoms with van der Waals surface area (Å²) < 4.78 is 15.5. The van der Waals surface area contributed by atoms with E-state index in [1.165, 1.54) is 7.11 Å². The van der Waals surface area contributed by atoms with Crippen LogP contribution in [0.2, 0.25) is 0 Å². The van der Waals surface area contributed by atoms with Gasteiger partial charge in [0.1, 0.15) is 11.4 Å². The zero-order valence-corrected chi connectivity index (χ0v) is 15.8. The Bertz CT molecular complexity index is 957. The Labute approximate surface area is 162 Å². The van der Waals surface area contributed by atoms with Crippen LogP contribution in [-0.4, -0.2) is 48.5 Å². The van der Waals surface area contributed by atoms with Crippen LogP contribution in [0.5, 0.6) is 11.6 Å². The predicted octanol–water partition coefficient (Wildman–Crippen LogP) is 2.78. The molecule has 1 N–H and O–H groups in total. The first kappa shape index (κ1) is 19.6. The summed E-state index contributed by atoms with van der Waals surface area (Å²) in [6.07, 6.45) is 1.51. The number of aliphatic hydroxyl groups excluding tert-OH is 1. The third kappa shape index (κ3) is 4.55. The van der Waals surface area contributed by atoms with Crippen molar-refractivity contribution in [2.75, 3.05) is 27.4 Å². The number of esters is 1. The summed E-state index contributed by atoms with van der Waals surface area (Å²) >= 11 is 0. The molecule has 2 aromatic carbocycles. The van der Waals surface area contributed by atoms with Gasteiger partial charge >= 0.3 is 5.97 Å². The molecule has 0 saturated carbocycles. The Hall–Kier alpha value is -3.19. The van der Waals surface area contributed by atoms with Gasteiger partial charge in [-0.3, -0.25) is 0 Å². The normalized spacial score (nSPS) is 10.7. The molecule has 0 fully saturated rings. The highest BCUT2D eigenvalue weighted by molar-refractivity contribution is 5.81. The molecule has 0 atom stereocenters. The fourth-order valence-electron chi connectivity index (χ4n) is 2.73. The molecule has 0 saturated heterocycles. The van der Waals surface area contributed by atoms with Gasteiger partial charge in [0.25, 0.3) is 0 Å². The van der Waals surface area contributed by atoms with Crippen LogP contribution < -0.4 is 9.47 Å². The highest BCUT2D eigenvalue weighted by Crippen LogP contribution is 2.30. The molecule has 0 aliphatic heterocycles. The van der Waals surface area contributed by atoms with Gasteiger partial charge in [0.15, 0.2) is 6.61 Å². The number of hydrogen-bond acceptors (Lipinski definition) is 7. The molecule has 28 heavy (non-hydrogen) atoms. The predicted molar refractivity (Wildman–Crippen MR) is 104 cm³/mol. The number of rotatable bonds is 8. The molecule has 0 spiro atoms. The van der Waals surface area contributed by atoms with Crippen LogP contribution in [0.15, 0.2) is 42.5 Å². The number of fused-ring (bicyclic) bond motifs is 1. The lowest BCUT2D eigenvalue weighted by molar-refractivity contribution is -0.143. The molecule has 3 rings (SSSR count). The summed E-state index contributed by atoms with van der Waals surface area (Å²) in [6.45, 7) is -0.102. The average molecular weight is 382 g/mol. The van der Waals surface area contributed by atoms with Gasteiger partial charge in [-0.25, -0.2) is 14.8 Å². The van der Waals surface area contributed by atoms with Gasteiger partial charge in [-0.05, 0) is 30.5 Å². The number of carbonyl (C=O) groups is 1. The molecule has 7 heteroatoms. The second-order valence-corrected chi connectivity index (χ2v) is 6.12. The van der Waals surface area contributed by atoms with E-state index in [2.05, 4.69) is 14.7 Å². The van der Waals surface area contributed by atoms with Crippen LogP contribution in [0.4, 0.5) is 0 Å². The van der Waals surface area contributed by atoms with Crippen LogP contribution in [0, 0.1) is 0 Å². The number of aliphatic hydroxyl groups is 1. The lowest BCUT2D eigenvalue weighted by Crippen LogP contribution is -2.14. The van der Waals surface area contributed by atoms with Gasteiger partial charge in [0, 0.05) is 18.2 Å². The fourth-order valence-corrected chi connectivity index (χ4v) is 2.73. The van der Waals surface area contributed by atoms with E-state index in [0.717, 1.165) is 17.5 Å². The van der Waals surface area contributed by atoms with Crippen LogP contribution in [0.25, 0.3) is 22.3 Å². The maximum atomic E-state index is 11.5. The maximum absolute atomic E-state index is 11.5. The van der Waals surface area contributed by atoms with E-state index in [-0.39, 0.29) is 19.1 Å². The highest BCUT2D eigenvalue weighted by Gasteiger charge is 2.15. The molecule has 1 heterocycles. The molecule has 146 valence electrons. The van der Waals surface area contributed by atoms with E-state index in [0.29, 0.717) is 28.9 Å². The first-order valence-electron chi connectivity index (χ1n) is 8.90. The number of aryl methyl sites for hydroxylation is 1. The van der Waals surface area contributed by atoms with Gasteiger partial charge in [-0.2, -0.15) is 0 Å². The summed E-state index contributed by atoms with van der Waals surface area (Å²) in [5.41, 5.74) is 3.76. The summed E-state index contributed by atoms with van der Waals surface area (Å²) in [4.78, 5) is 20.7. The second kappa shape index (κ2) is 9.14. The van der Waals surface area contributed by atoms with E-state index >= 15 is 0 Å². The van der Waals surface area contributed by atoms with Crippen molar-refractivity contribution in [2.45, 2.75) is 12.8 Å². The molecule has 7 nitrogen and oxygen atoms in total. The molecule has 0 unspecified atom stereocenters. The van der Waals surface area contributed by atoms with Gasteiger partial charge in [-0.1, -0.05) is 24.3 Å². The van der Waals surface area contributed by atoms with Crippen molar-refractivity contribution < 1.29 is 24.1 Å². The van der Waals surface area contributed by atoms with Crippen molar-refractivity contribution in [3.63, 3.8) is 0 Å². The lowest BCUT2D eigenvalue weighted by atomic mass is 10.1. The molecule has 0 bridgehead atoms. The number of nitrogens with zero attached hydrogens (tertiary/aromatic N) is 2. The van der Waals surface area contributed by atoms with Gasteiger partial charge in [-0.15, -0.1) is 0 Å². The van der Waals surface area contributed by atoms with E-state index < -0.39 is 5.97 Å². The van der Waals surface area contributed by atoms with E-state index in [1.54, 1.807) is 13.2 Å². The Morgan fingerprint density at radius 3 is 2.50 bits per heavy atom. The molecule has 3 aromatic rings. The minimum absolute atomic E-state index is 0.160. The lowest BCUT2D eigenvalue weighted by Gasteiger charge is -2.12. The van der Waals surface area contributed by atoms with Crippen molar-refractivity contribution in [3.05, 3.63) is 48.0 Å². The standard InChI is InChI=1S/C21H22N2O5/c1-26-16-9-10-17-18(12-16)23-21(28-13-19(25)27-2)20(22-17)15-7-5-14(6-8-15)4-3-11-24/h5-10,12,24H,3-4,11,13H2,1-2H3. The van der Waals surface area contributed by atoms with Crippen molar-refractivity contribution in [1.82, 2.24) is 9.97 Å². The van der Waals surface area contributed by atoms with E-state index in [9.17, 15) is 4.79 Å². The number of carbonyl (C=O) groups excluding carboxylic acids is 1. The van der Waals surface area contributed by atoms with Crippen LogP contribution in [0.3, 0.4) is 0 Å². The summed E-state index contributed by atoms with van der Waals surface area (Å²) in [5, 5.41) is 8.98. The van der Waals surface area contributed by atoms with Crippen molar-refractivity contribution in [3.8, 4) is 22.9 Å². The Morgan fingerprint density at radius 2 is 1.82 bits per heavy atom. The SMILES string of the molecule is COC(=O)COc1nc2cc(OC)ccc2nc1-c1ccc(CCCO)cc1. The third-order valence-electron chi connectivity index (χ3n) is 4.24. The Balaban J connectivity index is 2.01. The Morgan fingerprint density at radius 1 is 1.04 bits per heavy atom. The molecular formula is C21H22N2O5. The molecular weight excluding hydrogens is 360 g/mol. The minimum atomic E-state index is -0.502. The van der Waals surface area contributed by atoms with Crippen molar-refractivity contribution in [2.24, 2.45) is 0 Å². The van der Waals surface area contributed by atoms with Crippen LogP contribution >= 0.6 is 0 Å². The van der Waals surface area contributed by atoms with Gasteiger partial charge in [0.2, 0.25) is 5.88 Å².